The summed E-state index contributed by atoms with van der Waals surface area (Å²) in [7, 11) is 0. The molecule has 0 saturated heterocycles. The van der Waals surface area contributed by atoms with Gasteiger partial charge in [-0.05, 0) is 41.4 Å². The van der Waals surface area contributed by atoms with E-state index in [-0.39, 0.29) is 11.5 Å². The van der Waals surface area contributed by atoms with Crippen molar-refractivity contribution in [3.63, 3.8) is 0 Å². The first-order valence-electron chi connectivity index (χ1n) is 6.74. The van der Waals surface area contributed by atoms with Crippen molar-refractivity contribution in [3.05, 3.63) is 34.9 Å². The van der Waals surface area contributed by atoms with Crippen molar-refractivity contribution >= 4 is 0 Å². The van der Waals surface area contributed by atoms with E-state index in [1.807, 2.05) is 0 Å². The normalized spacial score (nSPS) is 13.8. The number of aryl methyl sites for hydroxylation is 2. The number of hydrogen-bond donors (Lipinski definition) is 1. The van der Waals surface area contributed by atoms with Gasteiger partial charge < -0.3 is 5.73 Å². The molecule has 0 spiro atoms. The Hall–Kier alpha value is -0.820. The highest BCUT2D eigenvalue weighted by Gasteiger charge is 2.18. The van der Waals surface area contributed by atoms with Crippen LogP contribution in [-0.2, 0) is 12.8 Å². The third kappa shape index (κ3) is 4.16. The van der Waals surface area contributed by atoms with Crippen LogP contribution in [0.25, 0.3) is 0 Å². The minimum absolute atomic E-state index is 0.163. The Morgan fingerprint density at radius 1 is 1.12 bits per heavy atom. The lowest BCUT2D eigenvalue weighted by atomic mass is 9.84. The maximum atomic E-state index is 6.38. The number of rotatable bonds is 4. The van der Waals surface area contributed by atoms with E-state index in [0.29, 0.717) is 0 Å². The van der Waals surface area contributed by atoms with Crippen LogP contribution in [0.1, 0.15) is 63.8 Å². The highest BCUT2D eigenvalue weighted by Crippen LogP contribution is 2.30. The average Bonchev–Trinajstić information content (AvgIpc) is 2.25. The number of benzene rings is 1. The Balaban J connectivity index is 3.01. The van der Waals surface area contributed by atoms with Gasteiger partial charge in [-0.3, -0.25) is 0 Å². The van der Waals surface area contributed by atoms with Gasteiger partial charge >= 0.3 is 0 Å². The summed E-state index contributed by atoms with van der Waals surface area (Å²) in [4.78, 5) is 0. The van der Waals surface area contributed by atoms with Crippen molar-refractivity contribution < 1.29 is 0 Å². The SMILES string of the molecule is CCc1ccc(CC)c(C(N)CC(C)(C)C)c1. The van der Waals surface area contributed by atoms with Gasteiger partial charge in [0.15, 0.2) is 0 Å². The molecule has 1 atom stereocenters. The van der Waals surface area contributed by atoms with E-state index in [4.69, 9.17) is 5.73 Å². The van der Waals surface area contributed by atoms with Crippen LogP contribution in [0.3, 0.4) is 0 Å². The van der Waals surface area contributed by atoms with Crippen LogP contribution < -0.4 is 5.73 Å². The average molecular weight is 233 g/mol. The molecule has 96 valence electrons. The Bertz CT molecular complexity index is 360. The molecule has 0 saturated carbocycles. The largest absolute Gasteiger partial charge is 0.324 e. The zero-order chi connectivity index (χ0) is 13.1. The third-order valence-electron chi connectivity index (χ3n) is 3.23. The number of nitrogens with two attached hydrogens (primary N) is 1. The van der Waals surface area contributed by atoms with Gasteiger partial charge in [0.2, 0.25) is 0 Å². The first kappa shape index (κ1) is 14.2. The second-order valence-electron chi connectivity index (χ2n) is 6.11. The molecule has 0 aliphatic rings. The summed E-state index contributed by atoms with van der Waals surface area (Å²) in [6, 6.07) is 6.94. The Labute approximate surface area is 106 Å². The van der Waals surface area contributed by atoms with Crippen molar-refractivity contribution in [1.82, 2.24) is 0 Å². The molecule has 2 N–H and O–H groups in total. The summed E-state index contributed by atoms with van der Waals surface area (Å²) >= 11 is 0. The standard InChI is InChI=1S/C16H27N/c1-6-12-8-9-13(7-2)14(10-12)15(17)11-16(3,4)5/h8-10,15H,6-7,11,17H2,1-5H3. The van der Waals surface area contributed by atoms with Crippen molar-refractivity contribution in [1.29, 1.82) is 0 Å². The number of hydrogen-bond acceptors (Lipinski definition) is 1. The quantitative estimate of drug-likeness (QED) is 0.826. The van der Waals surface area contributed by atoms with Gasteiger partial charge in [0, 0.05) is 6.04 Å². The van der Waals surface area contributed by atoms with E-state index >= 15 is 0 Å². The van der Waals surface area contributed by atoms with E-state index in [1.165, 1.54) is 16.7 Å². The smallest absolute Gasteiger partial charge is 0.0302 e. The van der Waals surface area contributed by atoms with E-state index in [2.05, 4.69) is 52.8 Å². The highest BCUT2D eigenvalue weighted by atomic mass is 14.6. The lowest BCUT2D eigenvalue weighted by molar-refractivity contribution is 0.342. The van der Waals surface area contributed by atoms with E-state index < -0.39 is 0 Å². The summed E-state index contributed by atoms with van der Waals surface area (Å²) in [6.07, 6.45) is 3.18. The van der Waals surface area contributed by atoms with Gasteiger partial charge in [0.05, 0.1) is 0 Å². The van der Waals surface area contributed by atoms with Crippen LogP contribution >= 0.6 is 0 Å². The summed E-state index contributed by atoms with van der Waals surface area (Å²) in [6.45, 7) is 11.2. The third-order valence-corrected chi connectivity index (χ3v) is 3.23. The minimum atomic E-state index is 0.163. The molecule has 1 nitrogen and oxygen atoms in total. The van der Waals surface area contributed by atoms with E-state index in [0.717, 1.165) is 19.3 Å². The Morgan fingerprint density at radius 3 is 2.24 bits per heavy atom. The maximum absolute atomic E-state index is 6.38. The fourth-order valence-corrected chi connectivity index (χ4v) is 2.30. The lowest BCUT2D eigenvalue weighted by Gasteiger charge is -2.25. The lowest BCUT2D eigenvalue weighted by Crippen LogP contribution is -2.20. The highest BCUT2D eigenvalue weighted by molar-refractivity contribution is 5.34. The predicted molar refractivity (Wildman–Crippen MR) is 76.2 cm³/mol. The molecule has 1 aromatic carbocycles. The van der Waals surface area contributed by atoms with Crippen LogP contribution in [-0.4, -0.2) is 0 Å². The van der Waals surface area contributed by atoms with Crippen LogP contribution in [0.5, 0.6) is 0 Å². The fraction of sp³-hybridized carbons (Fsp3) is 0.625. The van der Waals surface area contributed by atoms with Gasteiger partial charge in [-0.1, -0.05) is 52.8 Å². The zero-order valence-corrected chi connectivity index (χ0v) is 12.0. The summed E-state index contributed by atoms with van der Waals surface area (Å²) in [5.74, 6) is 0. The molecule has 0 aliphatic heterocycles. The fourth-order valence-electron chi connectivity index (χ4n) is 2.30. The molecular formula is C16H27N. The molecule has 0 amide bonds. The monoisotopic (exact) mass is 233 g/mol. The molecule has 0 aliphatic carbocycles. The summed E-state index contributed by atoms with van der Waals surface area (Å²) in [5.41, 5.74) is 10.8. The van der Waals surface area contributed by atoms with E-state index in [9.17, 15) is 0 Å². The molecule has 0 fully saturated rings. The second-order valence-corrected chi connectivity index (χ2v) is 6.11. The van der Waals surface area contributed by atoms with Crippen LogP contribution in [0.4, 0.5) is 0 Å². The maximum Gasteiger partial charge on any atom is 0.0302 e. The van der Waals surface area contributed by atoms with Crippen molar-refractivity contribution in [2.24, 2.45) is 11.1 Å². The molecule has 0 aromatic heterocycles. The van der Waals surface area contributed by atoms with Crippen LogP contribution in [0.15, 0.2) is 18.2 Å². The molecular weight excluding hydrogens is 206 g/mol. The van der Waals surface area contributed by atoms with Gasteiger partial charge in [0.1, 0.15) is 0 Å². The Morgan fingerprint density at radius 2 is 1.76 bits per heavy atom. The molecule has 1 heteroatoms. The van der Waals surface area contributed by atoms with Crippen molar-refractivity contribution in [2.45, 2.75) is 59.9 Å². The Kier molecular flexibility index (Phi) is 4.76. The van der Waals surface area contributed by atoms with Gasteiger partial charge in [-0.25, -0.2) is 0 Å². The predicted octanol–water partition coefficient (Wildman–Crippen LogP) is 4.25. The zero-order valence-electron chi connectivity index (χ0n) is 12.0. The minimum Gasteiger partial charge on any atom is -0.324 e. The molecule has 0 bridgehead atoms. The summed E-state index contributed by atoms with van der Waals surface area (Å²) in [5, 5.41) is 0. The topological polar surface area (TPSA) is 26.0 Å². The second kappa shape index (κ2) is 5.68. The van der Waals surface area contributed by atoms with Gasteiger partial charge in [-0.2, -0.15) is 0 Å². The molecule has 1 unspecified atom stereocenters. The first-order valence-corrected chi connectivity index (χ1v) is 6.74. The van der Waals surface area contributed by atoms with Crippen molar-refractivity contribution in [2.75, 3.05) is 0 Å². The first-order chi connectivity index (χ1) is 7.87. The van der Waals surface area contributed by atoms with Gasteiger partial charge in [-0.15, -0.1) is 0 Å². The molecule has 0 radical (unpaired) electrons. The van der Waals surface area contributed by atoms with Crippen LogP contribution in [0, 0.1) is 5.41 Å². The molecule has 1 rings (SSSR count). The summed E-state index contributed by atoms with van der Waals surface area (Å²) < 4.78 is 0. The van der Waals surface area contributed by atoms with Gasteiger partial charge in [0.25, 0.3) is 0 Å². The molecule has 0 heterocycles. The van der Waals surface area contributed by atoms with Crippen molar-refractivity contribution in [3.8, 4) is 0 Å². The molecule has 1 aromatic rings. The molecule has 17 heavy (non-hydrogen) atoms. The van der Waals surface area contributed by atoms with E-state index in [1.54, 1.807) is 0 Å². The van der Waals surface area contributed by atoms with Crippen LogP contribution in [0.2, 0.25) is 0 Å².